The van der Waals surface area contributed by atoms with E-state index < -0.39 is 0 Å². The second-order valence-electron chi connectivity index (χ2n) is 14.4. The molecule has 11 aromatic rings. The van der Waals surface area contributed by atoms with Gasteiger partial charge in [0.15, 0.2) is 11.6 Å². The zero-order chi connectivity index (χ0) is 37.5. The first kappa shape index (κ1) is 32.0. The van der Waals surface area contributed by atoms with Crippen LogP contribution in [0.4, 0.5) is 0 Å². The Morgan fingerprint density at radius 2 is 1.09 bits per heavy atom. The molecule has 6 heteroatoms. The summed E-state index contributed by atoms with van der Waals surface area (Å²) in [4.78, 5) is 18.7. The average molecular weight is 746 g/mol. The van der Waals surface area contributed by atoms with Crippen molar-refractivity contribution in [1.82, 2.24) is 24.1 Å². The maximum absolute atomic E-state index is 5.49. The molecule has 12 rings (SSSR count). The smallest absolute Gasteiger partial charge is 0.239 e. The summed E-state index contributed by atoms with van der Waals surface area (Å²) in [7, 11) is 0. The molecule has 0 aliphatic carbocycles. The van der Waals surface area contributed by atoms with Gasteiger partial charge in [0.05, 0.1) is 16.7 Å². The fourth-order valence-corrected chi connectivity index (χ4v) is 9.67. The minimum absolute atomic E-state index is 0.566. The van der Waals surface area contributed by atoms with Gasteiger partial charge in [0.25, 0.3) is 0 Å². The van der Waals surface area contributed by atoms with Gasteiger partial charge >= 0.3 is 0 Å². The summed E-state index contributed by atoms with van der Waals surface area (Å²) >= 11 is 1.83. The highest BCUT2D eigenvalue weighted by Gasteiger charge is 2.29. The molecule has 0 saturated carbocycles. The lowest BCUT2D eigenvalue weighted by molar-refractivity contribution is 0.927. The van der Waals surface area contributed by atoms with Crippen LogP contribution in [0.2, 0.25) is 0 Å². The summed E-state index contributed by atoms with van der Waals surface area (Å²) in [5.74, 6) is 1.79. The zero-order valence-electron chi connectivity index (χ0n) is 30.5. The lowest BCUT2D eigenvalue weighted by atomic mass is 9.94. The van der Waals surface area contributed by atoms with Crippen LogP contribution in [-0.2, 0) is 0 Å². The number of hydrogen-bond acceptors (Lipinski definition) is 4. The van der Waals surface area contributed by atoms with Crippen LogP contribution in [0.5, 0.6) is 0 Å². The summed E-state index contributed by atoms with van der Waals surface area (Å²) in [5, 5.41) is 5.86. The first-order valence-corrected chi connectivity index (χ1v) is 19.9. The largest absolute Gasteiger partial charge is 0.293 e. The van der Waals surface area contributed by atoms with Gasteiger partial charge in [-0.2, -0.15) is 9.97 Å². The fourth-order valence-electron chi connectivity index (χ4n) is 8.58. The van der Waals surface area contributed by atoms with E-state index in [0.29, 0.717) is 17.6 Å². The van der Waals surface area contributed by atoms with Gasteiger partial charge in [-0.3, -0.25) is 9.13 Å². The Balaban J connectivity index is 1.20. The highest BCUT2D eigenvalue weighted by Crippen LogP contribution is 2.49. The molecule has 0 radical (unpaired) electrons. The maximum atomic E-state index is 5.49. The number of rotatable bonds is 5. The molecule has 5 nitrogen and oxygen atoms in total. The third-order valence-corrected chi connectivity index (χ3v) is 12.3. The van der Waals surface area contributed by atoms with Crippen LogP contribution in [0.1, 0.15) is 0 Å². The Morgan fingerprint density at radius 1 is 0.404 bits per heavy atom. The minimum atomic E-state index is 0.566. The molecule has 8 aromatic carbocycles. The molecule has 0 spiro atoms. The van der Waals surface area contributed by atoms with Gasteiger partial charge in [-0.05, 0) is 75.5 Å². The molecule has 1 aliphatic rings. The highest BCUT2D eigenvalue weighted by atomic mass is 32.2. The number of aromatic nitrogens is 5. The number of nitrogens with zero attached hydrogens (tertiary/aromatic N) is 5. The van der Waals surface area contributed by atoms with Crippen LogP contribution in [0.3, 0.4) is 0 Å². The third-order valence-electron chi connectivity index (χ3n) is 11.2. The second-order valence-corrected chi connectivity index (χ2v) is 15.5. The quantitative estimate of drug-likeness (QED) is 0.176. The van der Waals surface area contributed by atoms with Gasteiger partial charge in [-0.1, -0.05) is 157 Å². The molecule has 0 bridgehead atoms. The van der Waals surface area contributed by atoms with Crippen LogP contribution < -0.4 is 0 Å². The SMILES string of the molecule is c1ccc(-c2ccc(-c3nc(-c4ccc5ccccc5c4)nc(-n4c5ccccc5c5c6cccc7c6n(c54)-c4ccccc4S7)n3)c(-c3ccccc3)c2)cc1. The van der Waals surface area contributed by atoms with Crippen LogP contribution in [0, 0.1) is 0 Å². The molecule has 266 valence electrons. The van der Waals surface area contributed by atoms with Crippen molar-refractivity contribution in [1.29, 1.82) is 0 Å². The molecule has 0 N–H and O–H groups in total. The van der Waals surface area contributed by atoms with E-state index in [1.54, 1.807) is 0 Å². The molecule has 4 heterocycles. The van der Waals surface area contributed by atoms with Gasteiger partial charge in [0, 0.05) is 37.1 Å². The van der Waals surface area contributed by atoms with E-state index in [9.17, 15) is 0 Å². The Hall–Kier alpha value is -7.28. The van der Waals surface area contributed by atoms with Crippen molar-refractivity contribution >= 4 is 55.4 Å². The van der Waals surface area contributed by atoms with Crippen LogP contribution in [-0.4, -0.2) is 24.1 Å². The maximum Gasteiger partial charge on any atom is 0.239 e. The van der Waals surface area contributed by atoms with Gasteiger partial charge in [0.2, 0.25) is 5.95 Å². The molecular weight excluding hydrogens is 715 g/mol. The monoisotopic (exact) mass is 745 g/mol. The third kappa shape index (κ3) is 5.01. The van der Waals surface area contributed by atoms with Crippen LogP contribution >= 0.6 is 11.8 Å². The fraction of sp³-hybridized carbons (Fsp3) is 0. The van der Waals surface area contributed by atoms with Crippen molar-refractivity contribution < 1.29 is 0 Å². The first-order valence-electron chi connectivity index (χ1n) is 19.1. The van der Waals surface area contributed by atoms with E-state index in [2.05, 4.69) is 197 Å². The van der Waals surface area contributed by atoms with Gasteiger partial charge in [-0.25, -0.2) is 4.98 Å². The number of para-hydroxylation sites is 3. The summed E-state index contributed by atoms with van der Waals surface area (Å²) in [6, 6.07) is 66.6. The normalized spacial score (nSPS) is 12.1. The summed E-state index contributed by atoms with van der Waals surface area (Å²) in [6.07, 6.45) is 0. The topological polar surface area (TPSA) is 48.5 Å². The number of fused-ring (bicyclic) bond motifs is 8. The molecule has 0 saturated heterocycles. The lowest BCUT2D eigenvalue weighted by Gasteiger charge is -2.20. The van der Waals surface area contributed by atoms with E-state index >= 15 is 0 Å². The average Bonchev–Trinajstić information content (AvgIpc) is 3.80. The molecular formula is C51H31N5S. The Kier molecular flexibility index (Phi) is 7.09. The van der Waals surface area contributed by atoms with Crippen LogP contribution in [0.25, 0.3) is 100 Å². The van der Waals surface area contributed by atoms with Crippen molar-refractivity contribution in [3.63, 3.8) is 0 Å². The predicted molar refractivity (Wildman–Crippen MR) is 234 cm³/mol. The lowest BCUT2D eigenvalue weighted by Crippen LogP contribution is -2.10. The molecule has 3 aromatic heterocycles. The van der Waals surface area contributed by atoms with Gasteiger partial charge in [-0.15, -0.1) is 0 Å². The van der Waals surface area contributed by atoms with Gasteiger partial charge < -0.3 is 0 Å². The minimum Gasteiger partial charge on any atom is -0.293 e. The summed E-state index contributed by atoms with van der Waals surface area (Å²) < 4.78 is 4.69. The standard InChI is InChI=1S/C51H31N5S/c1-3-14-32(15-4-1)36-28-29-38(41(31-36)34-17-5-2-6-18-34)49-52-48(37-27-26-33-16-7-8-19-35(33)30-37)53-51(54-49)56-42-22-10-9-20-39(42)46-40-21-13-25-45-47(40)55(50(46)56)43-23-11-12-24-44(43)57-45/h1-31H. The number of benzene rings is 8. The van der Waals surface area contributed by atoms with E-state index in [1.807, 2.05) is 11.8 Å². The molecule has 0 atom stereocenters. The van der Waals surface area contributed by atoms with Crippen molar-refractivity contribution in [2.24, 2.45) is 0 Å². The van der Waals surface area contributed by atoms with E-state index in [0.717, 1.165) is 61.0 Å². The van der Waals surface area contributed by atoms with E-state index in [4.69, 9.17) is 15.0 Å². The molecule has 0 amide bonds. The highest BCUT2D eigenvalue weighted by molar-refractivity contribution is 7.99. The van der Waals surface area contributed by atoms with Crippen molar-refractivity contribution in [2.75, 3.05) is 0 Å². The van der Waals surface area contributed by atoms with Crippen LogP contribution in [0.15, 0.2) is 198 Å². The van der Waals surface area contributed by atoms with E-state index in [1.165, 1.54) is 31.5 Å². The van der Waals surface area contributed by atoms with Crippen molar-refractivity contribution in [3.05, 3.63) is 188 Å². The van der Waals surface area contributed by atoms with Crippen molar-refractivity contribution in [2.45, 2.75) is 9.79 Å². The molecule has 1 aliphatic heterocycles. The summed E-state index contributed by atoms with van der Waals surface area (Å²) in [5.41, 5.74) is 10.7. The van der Waals surface area contributed by atoms with Gasteiger partial charge in [0.1, 0.15) is 5.65 Å². The predicted octanol–water partition coefficient (Wildman–Crippen LogP) is 13.2. The first-order chi connectivity index (χ1) is 28.3. The summed E-state index contributed by atoms with van der Waals surface area (Å²) in [6.45, 7) is 0. The Labute approximate surface area is 332 Å². The Bertz CT molecular complexity index is 3380. The number of hydrogen-bond donors (Lipinski definition) is 0. The zero-order valence-corrected chi connectivity index (χ0v) is 31.4. The molecule has 0 unspecified atom stereocenters. The Morgan fingerprint density at radius 3 is 1.96 bits per heavy atom. The van der Waals surface area contributed by atoms with Crippen molar-refractivity contribution in [3.8, 4) is 56.7 Å². The molecule has 57 heavy (non-hydrogen) atoms. The van der Waals surface area contributed by atoms with E-state index in [-0.39, 0.29) is 0 Å². The molecule has 0 fully saturated rings. The second kappa shape index (κ2) is 12.6.